The predicted octanol–water partition coefficient (Wildman–Crippen LogP) is 12.4. The maximum atomic E-state index is 3.66. The lowest BCUT2D eigenvalue weighted by atomic mass is 10.1. The van der Waals surface area contributed by atoms with Gasteiger partial charge in [0.05, 0.1) is 0 Å². The number of hydrogen-bond donors (Lipinski definition) is 1. The van der Waals surface area contributed by atoms with Crippen LogP contribution in [0.15, 0.2) is 36.5 Å². The van der Waals surface area contributed by atoms with Gasteiger partial charge < -0.3 is 5.32 Å². The molecule has 1 N–H and O–H groups in total. The summed E-state index contributed by atoms with van der Waals surface area (Å²) in [6, 6.07) is 0. The zero-order chi connectivity index (χ0) is 26.7. The van der Waals surface area contributed by atoms with E-state index in [2.05, 4.69) is 55.6 Å². The molecule has 218 valence electrons. The SMILES string of the molecule is CCCCC/C=C\C/C=C\CCCCCCCCNCCCCCCCC/C=C\CCCCCCCC. The fourth-order valence-corrected chi connectivity index (χ4v) is 4.86. The summed E-state index contributed by atoms with van der Waals surface area (Å²) in [5, 5.41) is 3.66. The van der Waals surface area contributed by atoms with Crippen molar-refractivity contribution in [3.05, 3.63) is 36.5 Å². The number of rotatable bonds is 31. The van der Waals surface area contributed by atoms with Gasteiger partial charge in [-0.1, -0.05) is 147 Å². The third-order valence-electron chi connectivity index (χ3n) is 7.42. The van der Waals surface area contributed by atoms with Crippen LogP contribution in [0.5, 0.6) is 0 Å². The fourth-order valence-electron chi connectivity index (χ4n) is 4.86. The van der Waals surface area contributed by atoms with Crippen LogP contribution in [0.2, 0.25) is 0 Å². The molecule has 0 heterocycles. The van der Waals surface area contributed by atoms with E-state index in [1.165, 1.54) is 174 Å². The van der Waals surface area contributed by atoms with Crippen LogP contribution in [-0.4, -0.2) is 13.1 Å². The molecular weight excluding hydrogens is 446 g/mol. The van der Waals surface area contributed by atoms with Crippen LogP contribution in [-0.2, 0) is 0 Å². The van der Waals surface area contributed by atoms with E-state index in [1.807, 2.05) is 0 Å². The van der Waals surface area contributed by atoms with Crippen molar-refractivity contribution in [2.24, 2.45) is 0 Å². The van der Waals surface area contributed by atoms with Crippen molar-refractivity contribution in [2.75, 3.05) is 13.1 Å². The van der Waals surface area contributed by atoms with Crippen LogP contribution in [0.1, 0.15) is 181 Å². The summed E-state index contributed by atoms with van der Waals surface area (Å²) in [5.41, 5.74) is 0. The van der Waals surface area contributed by atoms with E-state index in [0.717, 1.165) is 6.42 Å². The van der Waals surface area contributed by atoms with Gasteiger partial charge in [0.15, 0.2) is 0 Å². The van der Waals surface area contributed by atoms with Gasteiger partial charge in [-0.2, -0.15) is 0 Å². The number of hydrogen-bond acceptors (Lipinski definition) is 1. The van der Waals surface area contributed by atoms with Crippen molar-refractivity contribution in [3.63, 3.8) is 0 Å². The van der Waals surface area contributed by atoms with Gasteiger partial charge in [0.2, 0.25) is 0 Å². The van der Waals surface area contributed by atoms with Crippen LogP contribution in [0.4, 0.5) is 0 Å². The van der Waals surface area contributed by atoms with Gasteiger partial charge in [-0.05, 0) is 83.7 Å². The Hall–Kier alpha value is -0.820. The minimum Gasteiger partial charge on any atom is -0.317 e. The van der Waals surface area contributed by atoms with Gasteiger partial charge in [-0.15, -0.1) is 0 Å². The summed E-state index contributed by atoms with van der Waals surface area (Å²) in [7, 11) is 0. The summed E-state index contributed by atoms with van der Waals surface area (Å²) in [6.45, 7) is 7.01. The highest BCUT2D eigenvalue weighted by molar-refractivity contribution is 4.92. The summed E-state index contributed by atoms with van der Waals surface area (Å²) >= 11 is 0. The summed E-state index contributed by atoms with van der Waals surface area (Å²) in [6.07, 6.45) is 49.8. The fraction of sp³-hybridized carbons (Fsp3) is 0.833. The molecule has 0 amide bonds. The molecule has 0 aromatic heterocycles. The van der Waals surface area contributed by atoms with Gasteiger partial charge in [0, 0.05) is 0 Å². The third kappa shape index (κ3) is 35.2. The zero-order valence-corrected chi connectivity index (χ0v) is 25.8. The molecule has 0 saturated heterocycles. The molecule has 0 aliphatic carbocycles. The smallest absolute Gasteiger partial charge is 0.00489 e. The summed E-state index contributed by atoms with van der Waals surface area (Å²) < 4.78 is 0. The quantitative estimate of drug-likeness (QED) is 0.0714. The van der Waals surface area contributed by atoms with Crippen LogP contribution in [0.25, 0.3) is 0 Å². The van der Waals surface area contributed by atoms with Crippen LogP contribution >= 0.6 is 0 Å². The molecule has 0 unspecified atom stereocenters. The average molecular weight is 516 g/mol. The lowest BCUT2D eigenvalue weighted by Crippen LogP contribution is -2.16. The second-order valence-electron chi connectivity index (χ2n) is 11.3. The molecule has 0 fully saturated rings. The lowest BCUT2D eigenvalue weighted by Gasteiger charge is -2.05. The molecule has 0 aliphatic heterocycles. The van der Waals surface area contributed by atoms with Crippen LogP contribution < -0.4 is 5.32 Å². The van der Waals surface area contributed by atoms with Crippen molar-refractivity contribution < 1.29 is 0 Å². The first-order valence-electron chi connectivity index (χ1n) is 17.1. The van der Waals surface area contributed by atoms with Gasteiger partial charge in [-0.3, -0.25) is 0 Å². The molecule has 0 aromatic rings. The minimum absolute atomic E-state index is 1.12. The molecule has 0 rings (SSSR count). The van der Waals surface area contributed by atoms with Gasteiger partial charge in [0.25, 0.3) is 0 Å². The molecule has 37 heavy (non-hydrogen) atoms. The van der Waals surface area contributed by atoms with E-state index in [9.17, 15) is 0 Å². The number of allylic oxidation sites excluding steroid dienone is 6. The van der Waals surface area contributed by atoms with Crippen molar-refractivity contribution in [1.82, 2.24) is 5.32 Å². The molecule has 0 saturated carbocycles. The molecule has 1 nitrogen and oxygen atoms in total. The van der Waals surface area contributed by atoms with Crippen molar-refractivity contribution in [2.45, 2.75) is 181 Å². The molecule has 0 atom stereocenters. The molecule has 0 aromatic carbocycles. The summed E-state index contributed by atoms with van der Waals surface area (Å²) in [4.78, 5) is 0. The molecule has 0 radical (unpaired) electrons. The predicted molar refractivity (Wildman–Crippen MR) is 172 cm³/mol. The van der Waals surface area contributed by atoms with E-state index in [4.69, 9.17) is 0 Å². The third-order valence-corrected chi connectivity index (χ3v) is 7.42. The maximum absolute atomic E-state index is 3.66. The highest BCUT2D eigenvalue weighted by atomic mass is 14.8. The zero-order valence-electron chi connectivity index (χ0n) is 25.8. The van der Waals surface area contributed by atoms with Crippen LogP contribution in [0, 0.1) is 0 Å². The Morgan fingerprint density at radius 1 is 0.324 bits per heavy atom. The Morgan fingerprint density at radius 3 is 1.05 bits per heavy atom. The van der Waals surface area contributed by atoms with Crippen molar-refractivity contribution >= 4 is 0 Å². The standard InChI is InChI=1S/C36H69N/c1-3-5-7-9-11-13-15-17-19-21-23-25-27-29-31-33-35-37-36-34-32-30-28-26-24-22-20-18-16-14-12-10-8-6-4-2/h11,13,17-20,37H,3-10,12,14-16,21-36H2,1-2H3/b13-11-,19-17-,20-18-. The van der Waals surface area contributed by atoms with Crippen molar-refractivity contribution in [1.29, 1.82) is 0 Å². The average Bonchev–Trinajstić information content (AvgIpc) is 2.91. The first-order chi connectivity index (χ1) is 18.4. The first-order valence-corrected chi connectivity index (χ1v) is 17.1. The Bertz CT molecular complexity index is 475. The molecule has 1 heteroatoms. The molecular formula is C36H69N. The first kappa shape index (κ1) is 36.2. The molecule has 0 bridgehead atoms. The van der Waals surface area contributed by atoms with E-state index >= 15 is 0 Å². The van der Waals surface area contributed by atoms with Crippen molar-refractivity contribution in [3.8, 4) is 0 Å². The highest BCUT2D eigenvalue weighted by Gasteiger charge is 1.94. The Balaban J connectivity index is 3.12. The maximum Gasteiger partial charge on any atom is -0.00489 e. The van der Waals surface area contributed by atoms with E-state index in [1.54, 1.807) is 0 Å². The molecule has 0 aliphatic rings. The minimum atomic E-state index is 1.12. The van der Waals surface area contributed by atoms with E-state index in [0.29, 0.717) is 0 Å². The normalized spacial score (nSPS) is 12.2. The Labute approximate surface area is 235 Å². The molecule has 0 spiro atoms. The topological polar surface area (TPSA) is 12.0 Å². The number of nitrogens with one attached hydrogen (secondary N) is 1. The largest absolute Gasteiger partial charge is 0.317 e. The number of unbranched alkanes of at least 4 members (excludes halogenated alkanes) is 21. The summed E-state index contributed by atoms with van der Waals surface area (Å²) in [5.74, 6) is 0. The second kappa shape index (κ2) is 35.2. The van der Waals surface area contributed by atoms with E-state index < -0.39 is 0 Å². The van der Waals surface area contributed by atoms with Crippen LogP contribution in [0.3, 0.4) is 0 Å². The highest BCUT2D eigenvalue weighted by Crippen LogP contribution is 2.10. The van der Waals surface area contributed by atoms with Gasteiger partial charge in [-0.25, -0.2) is 0 Å². The monoisotopic (exact) mass is 516 g/mol. The second-order valence-corrected chi connectivity index (χ2v) is 11.3. The van der Waals surface area contributed by atoms with E-state index in [-0.39, 0.29) is 0 Å². The van der Waals surface area contributed by atoms with Gasteiger partial charge >= 0.3 is 0 Å². The lowest BCUT2D eigenvalue weighted by molar-refractivity contribution is 0.540. The van der Waals surface area contributed by atoms with Gasteiger partial charge in [0.1, 0.15) is 0 Å². The Kier molecular flexibility index (Phi) is 34.4. The Morgan fingerprint density at radius 2 is 0.622 bits per heavy atom.